The van der Waals surface area contributed by atoms with E-state index in [1.54, 1.807) is 19.2 Å². The number of likely N-dealkylation sites (tertiary alicyclic amines) is 4. The molecule has 0 bridgehead atoms. The third kappa shape index (κ3) is 17.1. The highest BCUT2D eigenvalue weighted by Gasteiger charge is 2.47. The van der Waals surface area contributed by atoms with Crippen molar-refractivity contribution in [1.29, 1.82) is 0 Å². The Balaban J connectivity index is 0.000000172. The number of amides is 3. The summed E-state index contributed by atoms with van der Waals surface area (Å²) in [4.78, 5) is 50.2. The van der Waals surface area contributed by atoms with Crippen LogP contribution in [0, 0.1) is 22.1 Å². The normalized spacial score (nSPS) is 24.5. The molecule has 1 N–H and O–H groups in total. The van der Waals surface area contributed by atoms with Crippen LogP contribution >= 0.6 is 0 Å². The van der Waals surface area contributed by atoms with Gasteiger partial charge in [0.15, 0.2) is 0 Å². The standard InChI is InChI=1S/C26H42N2O2.C25H37FN2O.C25H38N2O2.H2/c1-6-28(24(29)12-20-30-5)23-11-13-26(22-10-8-7-9-21(22)23)15-18-27(19-16-26)17-14-25(2,3)4;1-24(2,3)11-15-27-16-12-25(13-17-27)10-9-22(28-14-5-4-6-23(28)29)20-8-7-19(26)18-21(20)25;1-24(2,3)12-15-27-16-13-25(14-17-27)11-10-21(19-7-4-5-8-20(19)25)26-23(28)22-9-6-18-29-22;/h7-10,23H,6,11-20H2,1-5H3;7-8,18,22H,4-6,9-17H2,1-3H3;4-5,7-8,21-22H,6,9-18H2,1-3H3,(H,26,28);1H/t23-;22-;21-,22?;/m001./s1. The molecule has 1 unspecified atom stereocenters. The van der Waals surface area contributed by atoms with Crippen molar-refractivity contribution in [3.63, 3.8) is 0 Å². The van der Waals surface area contributed by atoms with E-state index in [2.05, 4.69) is 148 Å². The fraction of sp³-hybridized carbons (Fsp3) is 0.724. The number of hydrogen-bond acceptors (Lipinski definition) is 8. The molecule has 3 aromatic carbocycles. The number of carbonyl (C=O) groups is 3. The SMILES string of the molecule is CC(C)(C)CCN1CCC2(CC[C@@H](NC(=O)C3CCCO3)c3ccccc32)CC1.CC(C)(C)CCN1CCC2(CC[C@H](N3CCCCC3=O)c3ccc(F)cc32)CC1.CCN(C(=O)CCOC)[C@H]1CCC2(CCN(CCC(C)(C)C)CC2)c2ccccc21.[HH]. The molecule has 5 heterocycles. The highest BCUT2D eigenvalue weighted by molar-refractivity contribution is 5.81. The molecule has 5 fully saturated rings. The molecule has 3 aromatic rings. The summed E-state index contributed by atoms with van der Waals surface area (Å²) in [6.07, 6.45) is 22.3. The van der Waals surface area contributed by atoms with Gasteiger partial charge in [-0.15, -0.1) is 0 Å². The number of rotatable bonds is 14. The van der Waals surface area contributed by atoms with Crippen LogP contribution < -0.4 is 5.32 Å². The number of benzene rings is 3. The molecule has 8 aliphatic rings. The molecule has 3 aliphatic carbocycles. The van der Waals surface area contributed by atoms with E-state index in [0.29, 0.717) is 53.1 Å². The lowest BCUT2D eigenvalue weighted by Crippen LogP contribution is -2.48. The van der Waals surface area contributed by atoms with Crippen LogP contribution in [0.25, 0.3) is 0 Å². The van der Waals surface area contributed by atoms with Crippen LogP contribution in [-0.4, -0.2) is 141 Å². The van der Waals surface area contributed by atoms with Gasteiger partial charge in [-0.1, -0.05) is 117 Å². The summed E-state index contributed by atoms with van der Waals surface area (Å²) in [7, 11) is 1.66. The van der Waals surface area contributed by atoms with Crippen LogP contribution in [0.1, 0.15) is 257 Å². The van der Waals surface area contributed by atoms with Gasteiger partial charge in [-0.25, -0.2) is 4.39 Å². The zero-order valence-corrected chi connectivity index (χ0v) is 56.9. The molecule has 0 aromatic heterocycles. The van der Waals surface area contributed by atoms with Crippen LogP contribution in [0.4, 0.5) is 4.39 Å². The summed E-state index contributed by atoms with van der Waals surface area (Å²) < 4.78 is 25.1. The maximum absolute atomic E-state index is 14.3. The summed E-state index contributed by atoms with van der Waals surface area (Å²) in [5, 5.41) is 3.31. The Morgan fingerprint density at radius 1 is 0.625 bits per heavy atom. The molecule has 3 spiro atoms. The first kappa shape index (κ1) is 68.2. The van der Waals surface area contributed by atoms with Crippen molar-refractivity contribution in [3.05, 3.63) is 106 Å². The number of piperidine rings is 4. The fourth-order valence-corrected chi connectivity index (χ4v) is 16.5. The summed E-state index contributed by atoms with van der Waals surface area (Å²) in [5.41, 5.74) is 9.98. The lowest BCUT2D eigenvalue weighted by atomic mass is 9.63. The molecule has 0 saturated carbocycles. The summed E-state index contributed by atoms with van der Waals surface area (Å²) >= 11 is 0. The number of nitrogens with one attached hydrogen (secondary N) is 1. The van der Waals surface area contributed by atoms with E-state index in [0.717, 1.165) is 96.9 Å². The molecule has 5 aliphatic heterocycles. The molecule has 4 atom stereocenters. The number of methoxy groups -OCH3 is 1. The smallest absolute Gasteiger partial charge is 0.249 e. The molecule has 3 amide bonds. The zero-order chi connectivity index (χ0) is 62.9. The second-order valence-electron chi connectivity index (χ2n) is 31.9. The average molecular weight is 1220 g/mol. The molecular formula is C76H119FN6O5. The minimum atomic E-state index is -0.246. The summed E-state index contributed by atoms with van der Waals surface area (Å²) in [6.45, 7) is 36.4. The Hall–Kier alpha value is -4.20. The van der Waals surface area contributed by atoms with E-state index in [4.69, 9.17) is 9.47 Å². The van der Waals surface area contributed by atoms with Crippen molar-refractivity contribution in [2.24, 2.45) is 16.2 Å². The number of carbonyl (C=O) groups excluding carboxylic acids is 3. The van der Waals surface area contributed by atoms with Gasteiger partial charge in [0, 0.05) is 34.7 Å². The van der Waals surface area contributed by atoms with Crippen molar-refractivity contribution in [2.45, 2.75) is 245 Å². The third-order valence-electron chi connectivity index (χ3n) is 22.3. The Morgan fingerprint density at radius 2 is 1.14 bits per heavy atom. The van der Waals surface area contributed by atoms with E-state index in [-0.39, 0.29) is 54.6 Å². The van der Waals surface area contributed by atoms with Gasteiger partial charge in [0.05, 0.1) is 31.2 Å². The van der Waals surface area contributed by atoms with Crippen LogP contribution in [0.3, 0.4) is 0 Å². The van der Waals surface area contributed by atoms with Gasteiger partial charge < -0.3 is 39.3 Å². The molecule has 88 heavy (non-hydrogen) atoms. The van der Waals surface area contributed by atoms with Gasteiger partial charge in [-0.3, -0.25) is 14.4 Å². The van der Waals surface area contributed by atoms with Gasteiger partial charge >= 0.3 is 0 Å². The highest BCUT2D eigenvalue weighted by atomic mass is 19.1. The Morgan fingerprint density at radius 3 is 1.65 bits per heavy atom. The minimum absolute atomic E-state index is 0. The van der Waals surface area contributed by atoms with E-state index in [1.807, 2.05) is 6.07 Å². The second-order valence-corrected chi connectivity index (χ2v) is 31.9. The fourth-order valence-electron chi connectivity index (χ4n) is 16.5. The lowest BCUT2D eigenvalue weighted by molar-refractivity contribution is -0.136. The van der Waals surface area contributed by atoms with Crippen LogP contribution in [0.2, 0.25) is 0 Å². The van der Waals surface area contributed by atoms with Crippen molar-refractivity contribution >= 4 is 17.7 Å². The van der Waals surface area contributed by atoms with Crippen molar-refractivity contribution in [1.82, 2.24) is 29.8 Å². The molecular weight excluding hydrogens is 1100 g/mol. The summed E-state index contributed by atoms with van der Waals surface area (Å²) in [5.74, 6) is 0.440. The van der Waals surface area contributed by atoms with E-state index < -0.39 is 0 Å². The predicted octanol–water partition coefficient (Wildman–Crippen LogP) is 15.5. The first-order valence-corrected chi connectivity index (χ1v) is 35.1. The number of hydrogen-bond donors (Lipinski definition) is 1. The molecule has 490 valence electrons. The first-order valence-electron chi connectivity index (χ1n) is 35.1. The predicted molar refractivity (Wildman–Crippen MR) is 358 cm³/mol. The topological polar surface area (TPSA) is 97.9 Å². The van der Waals surface area contributed by atoms with Crippen molar-refractivity contribution in [3.8, 4) is 0 Å². The Kier molecular flexibility index (Phi) is 22.9. The van der Waals surface area contributed by atoms with E-state index in [1.165, 1.54) is 130 Å². The van der Waals surface area contributed by atoms with E-state index >= 15 is 0 Å². The Bertz CT molecular complexity index is 2760. The molecule has 11 rings (SSSR count). The Labute approximate surface area is 533 Å². The number of halogens is 1. The van der Waals surface area contributed by atoms with Gasteiger partial charge in [0.1, 0.15) is 11.9 Å². The quantitative estimate of drug-likeness (QED) is 0.170. The summed E-state index contributed by atoms with van der Waals surface area (Å²) in [6, 6.07) is 23.7. The maximum atomic E-state index is 14.3. The highest BCUT2D eigenvalue weighted by Crippen LogP contribution is 2.53. The molecule has 11 nitrogen and oxygen atoms in total. The number of fused-ring (bicyclic) bond motifs is 6. The van der Waals surface area contributed by atoms with Gasteiger partial charge in [0.2, 0.25) is 17.7 Å². The minimum Gasteiger partial charge on any atom is -0.384 e. The van der Waals surface area contributed by atoms with Crippen LogP contribution in [0.5, 0.6) is 0 Å². The number of nitrogens with zero attached hydrogens (tertiary/aromatic N) is 5. The molecule has 12 heteroatoms. The van der Waals surface area contributed by atoms with Crippen LogP contribution in [-0.2, 0) is 40.1 Å². The van der Waals surface area contributed by atoms with Crippen molar-refractivity contribution in [2.75, 3.05) is 92.3 Å². The molecule has 0 radical (unpaired) electrons. The second kappa shape index (κ2) is 29.6. The van der Waals surface area contributed by atoms with Crippen LogP contribution in [0.15, 0.2) is 66.7 Å². The number of ether oxygens (including phenoxy) is 2. The maximum Gasteiger partial charge on any atom is 0.249 e. The van der Waals surface area contributed by atoms with E-state index in [9.17, 15) is 18.8 Å². The van der Waals surface area contributed by atoms with Crippen molar-refractivity contribution < 1.29 is 29.7 Å². The third-order valence-corrected chi connectivity index (χ3v) is 22.3. The largest absolute Gasteiger partial charge is 0.384 e. The van der Waals surface area contributed by atoms with Gasteiger partial charge in [0.25, 0.3) is 0 Å². The van der Waals surface area contributed by atoms with Gasteiger partial charge in [-0.2, -0.15) is 0 Å². The monoisotopic (exact) mass is 1210 g/mol. The average Bonchev–Trinajstić information content (AvgIpc) is 2.26. The zero-order valence-electron chi connectivity index (χ0n) is 56.9. The first-order chi connectivity index (χ1) is 41.9. The lowest BCUT2D eigenvalue weighted by Gasteiger charge is -2.49. The molecule has 5 saturated heterocycles. The van der Waals surface area contributed by atoms with Gasteiger partial charge in [-0.05, 0) is 266 Å².